The number of nitrogens with zero attached hydrogens (tertiary/aromatic N) is 2. The van der Waals surface area contributed by atoms with Gasteiger partial charge in [0, 0.05) is 23.9 Å². The van der Waals surface area contributed by atoms with E-state index in [-0.39, 0.29) is 18.5 Å². The number of aromatic nitrogens is 1. The highest BCUT2D eigenvalue weighted by Gasteiger charge is 2.26. The zero-order chi connectivity index (χ0) is 12.4. The van der Waals surface area contributed by atoms with Crippen molar-refractivity contribution >= 4 is 0 Å². The predicted octanol–water partition coefficient (Wildman–Crippen LogP) is 0.512. The number of aryl methyl sites for hydroxylation is 1. The van der Waals surface area contributed by atoms with E-state index >= 15 is 0 Å². The number of rotatable bonds is 2. The van der Waals surface area contributed by atoms with Crippen molar-refractivity contribution in [3.63, 3.8) is 0 Å². The van der Waals surface area contributed by atoms with Crippen LogP contribution in [-0.2, 0) is 6.61 Å². The molecule has 1 fully saturated rings. The largest absolute Gasteiger partial charge is 0.506 e. The number of aromatic hydroxyl groups is 1. The lowest BCUT2D eigenvalue weighted by Crippen LogP contribution is -2.43. The summed E-state index contributed by atoms with van der Waals surface area (Å²) in [5.74, 6) is 0.183. The van der Waals surface area contributed by atoms with E-state index in [0.717, 1.165) is 25.1 Å². The first kappa shape index (κ1) is 12.3. The van der Waals surface area contributed by atoms with Crippen molar-refractivity contribution in [2.24, 2.45) is 0 Å². The number of aliphatic hydroxyl groups is 1. The molecule has 0 bridgehead atoms. The summed E-state index contributed by atoms with van der Waals surface area (Å²) >= 11 is 0. The summed E-state index contributed by atoms with van der Waals surface area (Å²) < 4.78 is 0. The fourth-order valence-corrected chi connectivity index (χ4v) is 2.26. The molecule has 0 aliphatic carbocycles. The molecule has 2 rings (SSSR count). The Hall–Kier alpha value is -1.17. The highest BCUT2D eigenvalue weighted by molar-refractivity contribution is 5.42. The number of nitrogens with one attached hydrogen (secondary N) is 1. The molecule has 5 nitrogen and oxygen atoms in total. The molecule has 1 aliphatic rings. The van der Waals surface area contributed by atoms with Crippen molar-refractivity contribution in [2.45, 2.75) is 26.1 Å². The molecule has 94 valence electrons. The van der Waals surface area contributed by atoms with Crippen molar-refractivity contribution in [1.29, 1.82) is 0 Å². The normalized spacial score (nSPS) is 21.7. The van der Waals surface area contributed by atoms with E-state index < -0.39 is 0 Å². The molecule has 0 saturated carbocycles. The second-order valence-electron chi connectivity index (χ2n) is 4.48. The third kappa shape index (κ3) is 2.26. The van der Waals surface area contributed by atoms with Crippen LogP contribution >= 0.6 is 0 Å². The van der Waals surface area contributed by atoms with Gasteiger partial charge in [-0.2, -0.15) is 0 Å². The number of pyridine rings is 1. The lowest BCUT2D eigenvalue weighted by atomic mass is 10.0. The molecular formula is C12H19N3O2. The summed E-state index contributed by atoms with van der Waals surface area (Å²) in [4.78, 5) is 6.21. The zero-order valence-electron chi connectivity index (χ0n) is 10.3. The molecule has 1 atom stereocenters. The SMILES string of the molecule is Cc1ncc(CO)c(C2NCCCN2C)c1O. The van der Waals surface area contributed by atoms with E-state index in [9.17, 15) is 10.2 Å². The van der Waals surface area contributed by atoms with E-state index in [2.05, 4.69) is 15.2 Å². The van der Waals surface area contributed by atoms with Gasteiger partial charge in [0.25, 0.3) is 0 Å². The molecule has 1 aliphatic heterocycles. The Morgan fingerprint density at radius 3 is 3.00 bits per heavy atom. The molecule has 0 radical (unpaired) electrons. The van der Waals surface area contributed by atoms with Crippen LogP contribution in [0.3, 0.4) is 0 Å². The van der Waals surface area contributed by atoms with Gasteiger partial charge in [-0.25, -0.2) is 0 Å². The first-order valence-corrected chi connectivity index (χ1v) is 5.87. The summed E-state index contributed by atoms with van der Waals surface area (Å²) in [7, 11) is 2.01. The molecule has 1 unspecified atom stereocenters. The molecule has 5 heteroatoms. The van der Waals surface area contributed by atoms with E-state index in [1.807, 2.05) is 7.05 Å². The van der Waals surface area contributed by atoms with Crippen LogP contribution in [0.1, 0.15) is 29.4 Å². The second-order valence-corrected chi connectivity index (χ2v) is 4.48. The van der Waals surface area contributed by atoms with Gasteiger partial charge < -0.3 is 10.2 Å². The van der Waals surface area contributed by atoms with Gasteiger partial charge in [0.15, 0.2) is 0 Å². The first-order valence-electron chi connectivity index (χ1n) is 5.87. The molecule has 1 aromatic rings. The standard InChI is InChI=1S/C12H19N3O2/c1-8-11(17)10(9(7-16)6-14-8)12-13-4-3-5-15(12)2/h6,12-13,16-17H,3-5,7H2,1-2H3. The molecule has 0 aromatic carbocycles. The third-order valence-electron chi connectivity index (χ3n) is 3.27. The van der Waals surface area contributed by atoms with Crippen LogP contribution in [0.15, 0.2) is 6.20 Å². The van der Waals surface area contributed by atoms with Crippen LogP contribution in [0.2, 0.25) is 0 Å². The Balaban J connectivity index is 2.44. The smallest absolute Gasteiger partial charge is 0.143 e. The van der Waals surface area contributed by atoms with Crippen molar-refractivity contribution in [1.82, 2.24) is 15.2 Å². The fraction of sp³-hybridized carbons (Fsp3) is 0.583. The summed E-state index contributed by atoms with van der Waals surface area (Å²) in [5, 5.41) is 22.8. The van der Waals surface area contributed by atoms with Crippen molar-refractivity contribution < 1.29 is 10.2 Å². The summed E-state index contributed by atoms with van der Waals surface area (Å²) in [6.07, 6.45) is 2.67. The maximum atomic E-state index is 10.1. The molecule has 2 heterocycles. The Kier molecular flexibility index (Phi) is 3.61. The van der Waals surface area contributed by atoms with Crippen LogP contribution in [0.5, 0.6) is 5.75 Å². The minimum Gasteiger partial charge on any atom is -0.506 e. The van der Waals surface area contributed by atoms with Crippen LogP contribution in [0.25, 0.3) is 0 Å². The van der Waals surface area contributed by atoms with Gasteiger partial charge in [-0.1, -0.05) is 0 Å². The number of aliphatic hydroxyl groups excluding tert-OH is 1. The highest BCUT2D eigenvalue weighted by Crippen LogP contribution is 2.32. The average molecular weight is 237 g/mol. The van der Waals surface area contributed by atoms with E-state index in [4.69, 9.17) is 0 Å². The van der Waals surface area contributed by atoms with Gasteiger partial charge in [-0.15, -0.1) is 0 Å². The summed E-state index contributed by atoms with van der Waals surface area (Å²) in [5.41, 5.74) is 2.03. The molecular weight excluding hydrogens is 218 g/mol. The fourth-order valence-electron chi connectivity index (χ4n) is 2.26. The topological polar surface area (TPSA) is 68.6 Å². The van der Waals surface area contributed by atoms with Crippen molar-refractivity contribution in [3.05, 3.63) is 23.0 Å². The van der Waals surface area contributed by atoms with E-state index in [0.29, 0.717) is 11.3 Å². The Morgan fingerprint density at radius 1 is 1.59 bits per heavy atom. The summed E-state index contributed by atoms with van der Waals surface area (Å²) in [6, 6.07) is 0. The van der Waals surface area contributed by atoms with Crippen LogP contribution < -0.4 is 5.32 Å². The maximum Gasteiger partial charge on any atom is 0.143 e. The Bertz CT molecular complexity index is 409. The predicted molar refractivity (Wildman–Crippen MR) is 64.6 cm³/mol. The highest BCUT2D eigenvalue weighted by atomic mass is 16.3. The van der Waals surface area contributed by atoms with Crippen molar-refractivity contribution in [3.8, 4) is 5.75 Å². The van der Waals surface area contributed by atoms with Gasteiger partial charge in [-0.3, -0.25) is 15.2 Å². The van der Waals surface area contributed by atoms with Gasteiger partial charge in [-0.05, 0) is 26.9 Å². The maximum absolute atomic E-state index is 10.1. The quantitative estimate of drug-likeness (QED) is 0.699. The Morgan fingerprint density at radius 2 is 2.35 bits per heavy atom. The molecule has 0 amide bonds. The molecule has 1 saturated heterocycles. The van der Waals surface area contributed by atoms with E-state index in [1.165, 1.54) is 0 Å². The van der Waals surface area contributed by atoms with Gasteiger partial charge in [0.2, 0.25) is 0 Å². The van der Waals surface area contributed by atoms with Gasteiger partial charge in [0.05, 0.1) is 18.5 Å². The summed E-state index contributed by atoms with van der Waals surface area (Å²) in [6.45, 7) is 3.55. The lowest BCUT2D eigenvalue weighted by Gasteiger charge is -2.35. The number of hydrogen-bond acceptors (Lipinski definition) is 5. The van der Waals surface area contributed by atoms with E-state index in [1.54, 1.807) is 13.1 Å². The molecule has 1 aromatic heterocycles. The minimum atomic E-state index is -0.109. The van der Waals surface area contributed by atoms with Crippen LogP contribution in [-0.4, -0.2) is 40.2 Å². The minimum absolute atomic E-state index is 0.0485. The monoisotopic (exact) mass is 237 g/mol. The Labute approximate surface area is 101 Å². The van der Waals surface area contributed by atoms with Crippen LogP contribution in [0.4, 0.5) is 0 Å². The van der Waals surface area contributed by atoms with Gasteiger partial charge >= 0.3 is 0 Å². The van der Waals surface area contributed by atoms with Gasteiger partial charge in [0.1, 0.15) is 5.75 Å². The second kappa shape index (κ2) is 5.00. The third-order valence-corrected chi connectivity index (χ3v) is 3.27. The van der Waals surface area contributed by atoms with Crippen LogP contribution in [0, 0.1) is 6.92 Å². The first-order chi connectivity index (χ1) is 8.15. The molecule has 17 heavy (non-hydrogen) atoms. The zero-order valence-corrected chi connectivity index (χ0v) is 10.3. The molecule has 0 spiro atoms. The average Bonchev–Trinajstić information content (AvgIpc) is 2.34. The lowest BCUT2D eigenvalue weighted by molar-refractivity contribution is 0.160. The molecule has 3 N–H and O–H groups in total. The number of hydrogen-bond donors (Lipinski definition) is 3. The van der Waals surface area contributed by atoms with Crippen molar-refractivity contribution in [2.75, 3.05) is 20.1 Å².